The number of aromatic amines is 1. The van der Waals surface area contributed by atoms with Gasteiger partial charge in [0.05, 0.1) is 6.10 Å². The zero-order chi connectivity index (χ0) is 14.4. The van der Waals surface area contributed by atoms with Crippen molar-refractivity contribution in [1.29, 1.82) is 0 Å². The molecule has 1 aromatic heterocycles. The van der Waals surface area contributed by atoms with Crippen LogP contribution in [0.3, 0.4) is 0 Å². The van der Waals surface area contributed by atoms with Gasteiger partial charge in [0, 0.05) is 18.5 Å². The van der Waals surface area contributed by atoms with E-state index in [0.717, 1.165) is 5.82 Å². The molecule has 0 aliphatic heterocycles. The zero-order valence-corrected chi connectivity index (χ0v) is 11.6. The SMILES string of the molecule is CC(C)Oc1cccc(C(=O)NCCc2ncn[nH]2)c1. The minimum atomic E-state index is -0.126. The van der Waals surface area contributed by atoms with E-state index in [1.165, 1.54) is 6.33 Å². The predicted molar refractivity (Wildman–Crippen MR) is 74.6 cm³/mol. The van der Waals surface area contributed by atoms with Crippen molar-refractivity contribution >= 4 is 5.91 Å². The lowest BCUT2D eigenvalue weighted by Crippen LogP contribution is -2.26. The van der Waals surface area contributed by atoms with E-state index in [9.17, 15) is 4.79 Å². The first-order valence-electron chi connectivity index (χ1n) is 6.54. The molecule has 6 nitrogen and oxygen atoms in total. The second kappa shape index (κ2) is 6.70. The van der Waals surface area contributed by atoms with Crippen molar-refractivity contribution in [2.24, 2.45) is 0 Å². The molecule has 0 saturated heterocycles. The Hall–Kier alpha value is -2.37. The van der Waals surface area contributed by atoms with Crippen molar-refractivity contribution in [3.05, 3.63) is 42.0 Å². The fourth-order valence-corrected chi connectivity index (χ4v) is 1.73. The summed E-state index contributed by atoms with van der Waals surface area (Å²) in [5, 5.41) is 9.34. The molecule has 0 atom stereocenters. The Morgan fingerprint density at radius 1 is 1.45 bits per heavy atom. The summed E-state index contributed by atoms with van der Waals surface area (Å²) in [5.74, 6) is 1.32. The summed E-state index contributed by atoms with van der Waals surface area (Å²) in [4.78, 5) is 16.0. The third kappa shape index (κ3) is 4.08. The normalized spacial score (nSPS) is 10.6. The van der Waals surface area contributed by atoms with Crippen LogP contribution < -0.4 is 10.1 Å². The lowest BCUT2D eigenvalue weighted by molar-refractivity contribution is 0.0953. The van der Waals surface area contributed by atoms with Gasteiger partial charge in [-0.1, -0.05) is 6.07 Å². The van der Waals surface area contributed by atoms with Crippen LogP contribution in [0.4, 0.5) is 0 Å². The number of nitrogens with one attached hydrogen (secondary N) is 2. The minimum Gasteiger partial charge on any atom is -0.491 e. The molecule has 0 aliphatic carbocycles. The van der Waals surface area contributed by atoms with Gasteiger partial charge in [-0.05, 0) is 32.0 Å². The van der Waals surface area contributed by atoms with Crippen LogP contribution in [-0.4, -0.2) is 33.7 Å². The Balaban J connectivity index is 1.88. The Morgan fingerprint density at radius 3 is 3.00 bits per heavy atom. The first kappa shape index (κ1) is 14.0. The van der Waals surface area contributed by atoms with Gasteiger partial charge in [-0.3, -0.25) is 9.89 Å². The molecule has 2 rings (SSSR count). The van der Waals surface area contributed by atoms with Crippen molar-refractivity contribution in [2.45, 2.75) is 26.4 Å². The largest absolute Gasteiger partial charge is 0.491 e. The van der Waals surface area contributed by atoms with Crippen LogP contribution in [-0.2, 0) is 6.42 Å². The third-order valence-electron chi connectivity index (χ3n) is 2.58. The van der Waals surface area contributed by atoms with Crippen molar-refractivity contribution in [3.8, 4) is 5.75 Å². The van der Waals surface area contributed by atoms with Gasteiger partial charge in [0.15, 0.2) is 0 Å². The number of nitrogens with zero attached hydrogens (tertiary/aromatic N) is 2. The summed E-state index contributed by atoms with van der Waals surface area (Å²) in [7, 11) is 0. The highest BCUT2D eigenvalue weighted by atomic mass is 16.5. The number of carbonyl (C=O) groups is 1. The number of amides is 1. The first-order chi connectivity index (χ1) is 9.65. The topological polar surface area (TPSA) is 79.9 Å². The van der Waals surface area contributed by atoms with Crippen molar-refractivity contribution < 1.29 is 9.53 Å². The van der Waals surface area contributed by atoms with Crippen molar-refractivity contribution in [3.63, 3.8) is 0 Å². The van der Waals surface area contributed by atoms with E-state index in [1.807, 2.05) is 26.0 Å². The van der Waals surface area contributed by atoms with E-state index in [4.69, 9.17) is 4.74 Å². The van der Waals surface area contributed by atoms with Gasteiger partial charge >= 0.3 is 0 Å². The van der Waals surface area contributed by atoms with Gasteiger partial charge in [-0.25, -0.2) is 4.98 Å². The van der Waals surface area contributed by atoms with Gasteiger partial charge < -0.3 is 10.1 Å². The number of aromatic nitrogens is 3. The summed E-state index contributed by atoms with van der Waals surface area (Å²) < 4.78 is 5.57. The molecular weight excluding hydrogens is 256 g/mol. The Labute approximate surface area is 117 Å². The number of hydrogen-bond acceptors (Lipinski definition) is 4. The van der Waals surface area contributed by atoms with Crippen molar-refractivity contribution in [1.82, 2.24) is 20.5 Å². The molecule has 0 aliphatic rings. The lowest BCUT2D eigenvalue weighted by atomic mass is 10.2. The second-order valence-corrected chi connectivity index (χ2v) is 4.63. The van der Waals surface area contributed by atoms with Gasteiger partial charge in [0.25, 0.3) is 5.91 Å². The molecule has 1 heterocycles. The van der Waals surface area contributed by atoms with Gasteiger partial charge in [0.2, 0.25) is 0 Å². The summed E-state index contributed by atoms with van der Waals surface area (Å²) in [6, 6.07) is 7.15. The molecule has 0 bridgehead atoms. The van der Waals surface area contributed by atoms with Crippen LogP contribution in [0.2, 0.25) is 0 Å². The lowest BCUT2D eigenvalue weighted by Gasteiger charge is -2.10. The van der Waals surface area contributed by atoms with E-state index in [1.54, 1.807) is 12.1 Å². The summed E-state index contributed by atoms with van der Waals surface area (Å²) >= 11 is 0. The molecule has 0 unspecified atom stereocenters. The highest BCUT2D eigenvalue weighted by Crippen LogP contribution is 2.14. The quantitative estimate of drug-likeness (QED) is 0.838. The molecule has 6 heteroatoms. The molecule has 1 aromatic carbocycles. The summed E-state index contributed by atoms with van der Waals surface area (Å²) in [6.07, 6.45) is 2.15. The molecule has 106 valence electrons. The van der Waals surface area contributed by atoms with Crippen molar-refractivity contribution in [2.75, 3.05) is 6.54 Å². The Kier molecular flexibility index (Phi) is 4.70. The molecule has 1 amide bonds. The molecule has 0 saturated carbocycles. The van der Waals surface area contributed by atoms with Crippen LogP contribution in [0.25, 0.3) is 0 Å². The van der Waals surface area contributed by atoms with Crippen LogP contribution in [0, 0.1) is 0 Å². The number of ether oxygens (including phenoxy) is 1. The van der Waals surface area contributed by atoms with Crippen LogP contribution in [0.5, 0.6) is 5.75 Å². The van der Waals surface area contributed by atoms with Gasteiger partial charge in [-0.2, -0.15) is 5.10 Å². The average molecular weight is 274 g/mol. The predicted octanol–water partition coefficient (Wildman–Crippen LogP) is 1.56. The standard InChI is InChI=1S/C14H18N4O2/c1-10(2)20-12-5-3-4-11(8-12)14(19)15-7-6-13-16-9-17-18-13/h3-5,8-10H,6-7H2,1-2H3,(H,15,19)(H,16,17,18). The molecular formula is C14H18N4O2. The maximum atomic E-state index is 12.0. The summed E-state index contributed by atoms with van der Waals surface area (Å²) in [5.41, 5.74) is 0.584. The minimum absolute atomic E-state index is 0.0831. The number of carbonyl (C=O) groups excluding carboxylic acids is 1. The first-order valence-corrected chi connectivity index (χ1v) is 6.54. The number of hydrogen-bond donors (Lipinski definition) is 2. The van der Waals surface area contributed by atoms with Gasteiger partial charge in [0.1, 0.15) is 17.9 Å². The van der Waals surface area contributed by atoms with E-state index < -0.39 is 0 Å². The summed E-state index contributed by atoms with van der Waals surface area (Å²) in [6.45, 7) is 4.40. The Morgan fingerprint density at radius 2 is 2.30 bits per heavy atom. The molecule has 0 fully saturated rings. The highest BCUT2D eigenvalue weighted by Gasteiger charge is 2.07. The maximum Gasteiger partial charge on any atom is 0.251 e. The molecule has 20 heavy (non-hydrogen) atoms. The van der Waals surface area contributed by atoms with Gasteiger partial charge in [-0.15, -0.1) is 0 Å². The van der Waals surface area contributed by atoms with E-state index >= 15 is 0 Å². The second-order valence-electron chi connectivity index (χ2n) is 4.63. The highest BCUT2D eigenvalue weighted by molar-refractivity contribution is 5.94. The molecule has 0 radical (unpaired) electrons. The number of benzene rings is 1. The molecule has 0 spiro atoms. The monoisotopic (exact) mass is 274 g/mol. The smallest absolute Gasteiger partial charge is 0.251 e. The number of H-pyrrole nitrogens is 1. The van der Waals surface area contributed by atoms with Crippen LogP contribution in [0.15, 0.2) is 30.6 Å². The Bertz CT molecular complexity index is 552. The van der Waals surface area contributed by atoms with E-state index in [2.05, 4.69) is 20.5 Å². The average Bonchev–Trinajstić information content (AvgIpc) is 2.91. The fraction of sp³-hybridized carbons (Fsp3) is 0.357. The molecule has 2 aromatic rings. The maximum absolute atomic E-state index is 12.0. The van der Waals surface area contributed by atoms with E-state index in [0.29, 0.717) is 24.3 Å². The third-order valence-corrected chi connectivity index (χ3v) is 2.58. The molecule has 2 N–H and O–H groups in total. The van der Waals surface area contributed by atoms with Crippen LogP contribution >= 0.6 is 0 Å². The zero-order valence-electron chi connectivity index (χ0n) is 11.6. The fourth-order valence-electron chi connectivity index (χ4n) is 1.73. The van der Waals surface area contributed by atoms with Crippen LogP contribution in [0.1, 0.15) is 30.0 Å². The number of rotatable bonds is 6. The van der Waals surface area contributed by atoms with E-state index in [-0.39, 0.29) is 12.0 Å².